The van der Waals surface area contributed by atoms with E-state index in [1.54, 1.807) is 17.1 Å². The Morgan fingerprint density at radius 2 is 2.00 bits per heavy atom. The molecule has 2 aliphatic heterocycles. The van der Waals surface area contributed by atoms with E-state index >= 15 is 0 Å². The van der Waals surface area contributed by atoms with E-state index in [4.69, 9.17) is 21.3 Å². The Balaban J connectivity index is 1.56. The highest BCUT2D eigenvalue weighted by Crippen LogP contribution is 2.37. The number of imidazole rings is 1. The van der Waals surface area contributed by atoms with Crippen molar-refractivity contribution in [2.75, 3.05) is 42.8 Å². The van der Waals surface area contributed by atoms with Crippen LogP contribution in [0.15, 0.2) is 35.6 Å². The molecule has 0 amide bonds. The molecule has 164 valence electrons. The lowest BCUT2D eigenvalue weighted by molar-refractivity contribution is 0.110. The first-order chi connectivity index (χ1) is 15.7. The van der Waals surface area contributed by atoms with Crippen LogP contribution in [-0.4, -0.2) is 62.4 Å². The van der Waals surface area contributed by atoms with Crippen LogP contribution in [-0.2, 0) is 4.74 Å². The van der Waals surface area contributed by atoms with Crippen molar-refractivity contribution in [1.82, 2.24) is 29.6 Å². The van der Waals surface area contributed by atoms with Gasteiger partial charge in [0.15, 0.2) is 17.3 Å². The monoisotopic (exact) mass is 452 g/mol. The normalized spacial score (nSPS) is 19.3. The molecule has 11 heteroatoms. The fourth-order valence-electron chi connectivity index (χ4n) is 4.69. The van der Waals surface area contributed by atoms with E-state index in [0.717, 1.165) is 25.2 Å². The topological polar surface area (TPSA) is 105 Å². The number of benzene rings is 1. The minimum absolute atomic E-state index is 0.135. The maximum atomic E-state index is 13.7. The van der Waals surface area contributed by atoms with E-state index in [-0.39, 0.29) is 11.6 Å². The molecule has 6 rings (SSSR count). The summed E-state index contributed by atoms with van der Waals surface area (Å²) in [6, 6.07) is 5.26. The molecule has 0 saturated carbocycles. The summed E-state index contributed by atoms with van der Waals surface area (Å²) in [7, 11) is 0. The quantitative estimate of drug-likeness (QED) is 0.503. The number of hydrogen-bond donors (Lipinski definition) is 1. The smallest absolute Gasteiger partial charge is 0.281 e. The van der Waals surface area contributed by atoms with Gasteiger partial charge in [-0.05, 0) is 25.0 Å². The highest BCUT2D eigenvalue weighted by atomic mass is 35.5. The van der Waals surface area contributed by atoms with Crippen LogP contribution in [0.5, 0.6) is 0 Å². The van der Waals surface area contributed by atoms with Gasteiger partial charge >= 0.3 is 0 Å². The number of hydrogen-bond acceptors (Lipinski definition) is 8. The Labute approximate surface area is 187 Å². The van der Waals surface area contributed by atoms with Crippen molar-refractivity contribution in [2.24, 2.45) is 0 Å². The summed E-state index contributed by atoms with van der Waals surface area (Å²) in [6.07, 6.45) is 4.95. The summed E-state index contributed by atoms with van der Waals surface area (Å²) in [5.41, 5.74) is 1.84. The zero-order valence-electron chi connectivity index (χ0n) is 17.2. The number of nitrogens with one attached hydrogen (secondary N) is 1. The number of fused-ring (bicyclic) bond motifs is 2. The van der Waals surface area contributed by atoms with Crippen molar-refractivity contribution in [3.63, 3.8) is 0 Å². The third-order valence-corrected chi connectivity index (χ3v) is 6.46. The number of aromatic nitrogens is 6. The van der Waals surface area contributed by atoms with Crippen molar-refractivity contribution in [3.8, 4) is 0 Å². The molecule has 2 aliphatic rings. The van der Waals surface area contributed by atoms with Gasteiger partial charge < -0.3 is 19.6 Å². The molecule has 10 nitrogen and oxygen atoms in total. The van der Waals surface area contributed by atoms with E-state index in [2.05, 4.69) is 24.8 Å². The highest BCUT2D eigenvalue weighted by Gasteiger charge is 2.34. The molecule has 2 fully saturated rings. The third-order valence-electron chi connectivity index (χ3n) is 6.14. The second-order valence-corrected chi connectivity index (χ2v) is 8.34. The fourth-order valence-corrected chi connectivity index (χ4v) is 4.94. The van der Waals surface area contributed by atoms with Crippen LogP contribution >= 0.6 is 11.6 Å². The number of rotatable bonds is 3. The fraction of sp³-hybridized carbons (Fsp3) is 0.381. The second-order valence-electron chi connectivity index (χ2n) is 7.94. The van der Waals surface area contributed by atoms with E-state index < -0.39 is 0 Å². The van der Waals surface area contributed by atoms with Crippen LogP contribution in [0.2, 0.25) is 5.02 Å². The highest BCUT2D eigenvalue weighted by molar-refractivity contribution is 6.35. The molecule has 1 unspecified atom stereocenters. The standard InChI is InChI=1S/C21H21ClN8O2/c22-13-3-1-4-14-16(13)21(31)30(28-7-9-32-10-8-28)19(27-14)15-5-2-6-29(15)20-17-18(24-11-23-17)25-12-26-20/h1,3-4,11-12,15H,2,5-10H2,(H,23,24,25,26). The van der Waals surface area contributed by atoms with Crippen molar-refractivity contribution in [2.45, 2.75) is 18.9 Å². The predicted molar refractivity (Wildman–Crippen MR) is 121 cm³/mol. The van der Waals surface area contributed by atoms with Gasteiger partial charge in [0.1, 0.15) is 11.8 Å². The first kappa shape index (κ1) is 19.4. The summed E-state index contributed by atoms with van der Waals surface area (Å²) >= 11 is 6.43. The third kappa shape index (κ3) is 3.01. The Bertz CT molecular complexity index is 1360. The number of ether oxygens (including phenoxy) is 1. The molecule has 32 heavy (non-hydrogen) atoms. The van der Waals surface area contributed by atoms with E-state index in [1.807, 2.05) is 17.1 Å². The maximum Gasteiger partial charge on any atom is 0.281 e. The van der Waals surface area contributed by atoms with Gasteiger partial charge in [-0.15, -0.1) is 0 Å². The van der Waals surface area contributed by atoms with Crippen molar-refractivity contribution in [1.29, 1.82) is 0 Å². The number of halogens is 1. The molecule has 5 heterocycles. The minimum atomic E-state index is -0.156. The van der Waals surface area contributed by atoms with Gasteiger partial charge in [-0.25, -0.2) is 24.6 Å². The van der Waals surface area contributed by atoms with Crippen molar-refractivity contribution < 1.29 is 4.74 Å². The first-order valence-corrected chi connectivity index (χ1v) is 11.0. The number of anilines is 1. The lowest BCUT2D eigenvalue weighted by atomic mass is 10.1. The molecule has 2 saturated heterocycles. The summed E-state index contributed by atoms with van der Waals surface area (Å²) in [5.74, 6) is 1.43. The summed E-state index contributed by atoms with van der Waals surface area (Å²) in [4.78, 5) is 37.2. The number of H-pyrrole nitrogens is 1. The zero-order valence-corrected chi connectivity index (χ0v) is 18.0. The Morgan fingerprint density at radius 1 is 1.12 bits per heavy atom. The summed E-state index contributed by atoms with van der Waals surface area (Å²) < 4.78 is 7.24. The molecule has 3 aromatic heterocycles. The van der Waals surface area contributed by atoms with Crippen molar-refractivity contribution in [3.05, 3.63) is 52.1 Å². The lowest BCUT2D eigenvalue weighted by Crippen LogP contribution is -2.51. The average molecular weight is 453 g/mol. The van der Waals surface area contributed by atoms with Gasteiger partial charge in [-0.2, -0.15) is 0 Å². The van der Waals surface area contributed by atoms with Gasteiger partial charge in [0, 0.05) is 6.54 Å². The Morgan fingerprint density at radius 3 is 2.88 bits per heavy atom. The Kier molecular flexibility index (Phi) is 4.69. The van der Waals surface area contributed by atoms with E-state index in [9.17, 15) is 4.79 Å². The molecular weight excluding hydrogens is 432 g/mol. The molecule has 4 aromatic rings. The van der Waals surface area contributed by atoms with Crippen LogP contribution in [0, 0.1) is 0 Å². The molecule has 0 aliphatic carbocycles. The molecule has 1 aromatic carbocycles. The zero-order chi connectivity index (χ0) is 21.7. The molecule has 1 atom stereocenters. The predicted octanol–water partition coefficient (Wildman–Crippen LogP) is 2.03. The maximum absolute atomic E-state index is 13.7. The largest absolute Gasteiger partial charge is 0.378 e. The summed E-state index contributed by atoms with van der Waals surface area (Å²) in [5, 5.41) is 2.86. The van der Waals surface area contributed by atoms with Gasteiger partial charge in [0.25, 0.3) is 5.56 Å². The van der Waals surface area contributed by atoms with Gasteiger partial charge in [-0.3, -0.25) is 4.79 Å². The minimum Gasteiger partial charge on any atom is -0.378 e. The SMILES string of the molecule is O=c1c2c(Cl)cccc2nc(C2CCCN2c2ncnc3[nH]cnc23)n1N1CCOCC1. The molecular formula is C21H21ClN8O2. The summed E-state index contributed by atoms with van der Waals surface area (Å²) in [6.45, 7) is 3.11. The van der Waals surface area contributed by atoms with E-state index in [1.165, 1.54) is 6.33 Å². The molecule has 0 spiro atoms. The van der Waals surface area contributed by atoms with Crippen LogP contribution in [0.3, 0.4) is 0 Å². The van der Waals surface area contributed by atoms with Crippen LogP contribution in [0.4, 0.5) is 5.82 Å². The van der Waals surface area contributed by atoms with Gasteiger partial charge in [0.2, 0.25) is 0 Å². The van der Waals surface area contributed by atoms with Gasteiger partial charge in [-0.1, -0.05) is 17.7 Å². The lowest BCUT2D eigenvalue weighted by Gasteiger charge is -2.34. The molecule has 0 bridgehead atoms. The Hall–Kier alpha value is -3.24. The number of aromatic amines is 1. The van der Waals surface area contributed by atoms with Gasteiger partial charge in [0.05, 0.1) is 54.6 Å². The van der Waals surface area contributed by atoms with Crippen LogP contribution in [0.1, 0.15) is 24.7 Å². The molecule has 0 radical (unpaired) electrons. The van der Waals surface area contributed by atoms with Crippen LogP contribution in [0.25, 0.3) is 22.1 Å². The van der Waals surface area contributed by atoms with Crippen LogP contribution < -0.4 is 15.5 Å². The number of nitrogens with zero attached hydrogens (tertiary/aromatic N) is 7. The molecule has 1 N–H and O–H groups in total. The average Bonchev–Trinajstić information content (AvgIpc) is 3.49. The van der Waals surface area contributed by atoms with Crippen molar-refractivity contribution >= 4 is 39.5 Å². The number of morpholine rings is 1. The van der Waals surface area contributed by atoms with E-state index in [0.29, 0.717) is 59.2 Å². The second kappa shape index (κ2) is 7.72. The first-order valence-electron chi connectivity index (χ1n) is 10.7.